The normalized spacial score (nSPS) is 12.0. The lowest BCUT2D eigenvalue weighted by Crippen LogP contribution is -2.06. The molecule has 0 atom stereocenters. The molecule has 0 aliphatic heterocycles. The zero-order valence-corrected chi connectivity index (χ0v) is 13.6. The lowest BCUT2D eigenvalue weighted by Gasteiger charge is -2.10. The number of H-pyrrole nitrogens is 1. The van der Waals surface area contributed by atoms with Crippen LogP contribution in [0.15, 0.2) is 53.6 Å². The lowest BCUT2D eigenvalue weighted by atomic mass is 10.3. The Morgan fingerprint density at radius 1 is 1.04 bits per heavy atom. The lowest BCUT2D eigenvalue weighted by molar-refractivity contribution is 0.614. The van der Waals surface area contributed by atoms with Crippen LogP contribution in [0.4, 0.5) is 5.95 Å². The molecule has 0 aliphatic rings. The molecule has 0 bridgehead atoms. The highest BCUT2D eigenvalue weighted by molar-refractivity contribution is 5.85. The van der Waals surface area contributed by atoms with Crippen molar-refractivity contribution in [3.05, 3.63) is 54.4 Å². The van der Waals surface area contributed by atoms with Gasteiger partial charge in [0.25, 0.3) is 0 Å². The summed E-state index contributed by atoms with van der Waals surface area (Å²) in [7, 11) is 0. The number of benzene rings is 2. The van der Waals surface area contributed by atoms with Crippen molar-refractivity contribution < 1.29 is 0 Å². The second-order valence-electron chi connectivity index (χ2n) is 5.90. The van der Waals surface area contributed by atoms with Gasteiger partial charge in [-0.25, -0.2) is 15.4 Å². The van der Waals surface area contributed by atoms with E-state index in [2.05, 4.69) is 50.0 Å². The molecule has 2 N–H and O–H groups in total. The van der Waals surface area contributed by atoms with E-state index in [1.165, 1.54) is 0 Å². The number of hydrazone groups is 1. The fourth-order valence-corrected chi connectivity index (χ4v) is 2.85. The molecule has 4 rings (SSSR count). The molecule has 0 radical (unpaired) electrons. The minimum Gasteiger partial charge on any atom is -0.323 e. The summed E-state index contributed by atoms with van der Waals surface area (Å²) in [6.45, 7) is 4.27. The number of fused-ring (bicyclic) bond motifs is 2. The minimum absolute atomic E-state index is 0.296. The Morgan fingerprint density at radius 3 is 2.58 bits per heavy atom. The van der Waals surface area contributed by atoms with E-state index in [0.29, 0.717) is 12.0 Å². The Bertz CT molecular complexity index is 991. The van der Waals surface area contributed by atoms with Crippen LogP contribution in [-0.4, -0.2) is 25.7 Å². The van der Waals surface area contributed by atoms with Gasteiger partial charge in [-0.1, -0.05) is 24.3 Å². The van der Waals surface area contributed by atoms with Crippen LogP contribution in [0.25, 0.3) is 22.1 Å². The second-order valence-corrected chi connectivity index (χ2v) is 5.90. The first-order valence-electron chi connectivity index (χ1n) is 7.93. The molecule has 0 saturated heterocycles. The summed E-state index contributed by atoms with van der Waals surface area (Å²) < 4.78 is 2.17. The van der Waals surface area contributed by atoms with Gasteiger partial charge in [0.1, 0.15) is 0 Å². The molecule has 2 heterocycles. The third-order valence-electron chi connectivity index (χ3n) is 3.88. The van der Waals surface area contributed by atoms with Gasteiger partial charge < -0.3 is 9.55 Å². The maximum atomic E-state index is 4.65. The van der Waals surface area contributed by atoms with E-state index in [1.54, 1.807) is 6.21 Å². The molecular weight excluding hydrogens is 300 g/mol. The quantitative estimate of drug-likeness (QED) is 0.442. The van der Waals surface area contributed by atoms with Gasteiger partial charge in [0.15, 0.2) is 5.82 Å². The van der Waals surface area contributed by atoms with E-state index in [4.69, 9.17) is 0 Å². The number of imidazole rings is 2. The summed E-state index contributed by atoms with van der Waals surface area (Å²) in [5.41, 5.74) is 6.90. The smallest absolute Gasteiger partial charge is 0.222 e. The minimum atomic E-state index is 0.296. The predicted octanol–water partition coefficient (Wildman–Crippen LogP) is 3.94. The second kappa shape index (κ2) is 5.81. The maximum absolute atomic E-state index is 4.65. The molecule has 2 aromatic carbocycles. The number of para-hydroxylation sites is 4. The molecular formula is C18H18N6. The number of rotatable bonds is 4. The van der Waals surface area contributed by atoms with Crippen LogP contribution >= 0.6 is 0 Å². The Kier molecular flexibility index (Phi) is 3.49. The summed E-state index contributed by atoms with van der Waals surface area (Å²) in [5.74, 6) is 1.43. The molecule has 4 aromatic rings. The average molecular weight is 318 g/mol. The summed E-state index contributed by atoms with van der Waals surface area (Å²) in [6, 6.07) is 16.3. The molecule has 24 heavy (non-hydrogen) atoms. The molecule has 6 nitrogen and oxygen atoms in total. The van der Waals surface area contributed by atoms with Crippen LogP contribution in [0.1, 0.15) is 25.7 Å². The highest BCUT2D eigenvalue weighted by atomic mass is 15.4. The largest absolute Gasteiger partial charge is 0.323 e. The van der Waals surface area contributed by atoms with Crippen molar-refractivity contribution >= 4 is 34.2 Å². The molecule has 0 saturated carbocycles. The topological polar surface area (TPSA) is 70.9 Å². The fraction of sp³-hybridized carbons (Fsp3) is 0.167. The van der Waals surface area contributed by atoms with Gasteiger partial charge in [0.05, 0.1) is 28.3 Å². The SMILES string of the molecule is CC(C)n1c(/C=N\Nc2nc3ccccc3[nH]2)nc2ccccc21. The summed E-state index contributed by atoms with van der Waals surface area (Å²) in [6.07, 6.45) is 1.73. The van der Waals surface area contributed by atoms with Crippen LogP contribution in [0, 0.1) is 0 Å². The number of hydrogen-bond acceptors (Lipinski definition) is 4. The molecule has 0 spiro atoms. The van der Waals surface area contributed by atoms with Gasteiger partial charge >= 0.3 is 0 Å². The zero-order valence-electron chi connectivity index (χ0n) is 13.6. The third-order valence-corrected chi connectivity index (χ3v) is 3.88. The van der Waals surface area contributed by atoms with Crippen LogP contribution < -0.4 is 5.43 Å². The van der Waals surface area contributed by atoms with E-state index in [1.807, 2.05) is 42.5 Å². The third kappa shape index (κ3) is 2.52. The van der Waals surface area contributed by atoms with E-state index in [0.717, 1.165) is 27.9 Å². The van der Waals surface area contributed by atoms with Crippen molar-refractivity contribution in [3.63, 3.8) is 0 Å². The first-order chi connectivity index (χ1) is 11.7. The van der Waals surface area contributed by atoms with Crippen LogP contribution in [0.5, 0.6) is 0 Å². The van der Waals surface area contributed by atoms with Crippen molar-refractivity contribution in [2.75, 3.05) is 5.43 Å². The molecule has 0 fully saturated rings. The van der Waals surface area contributed by atoms with Gasteiger partial charge in [-0.2, -0.15) is 5.10 Å². The number of hydrogen-bond donors (Lipinski definition) is 2. The maximum Gasteiger partial charge on any atom is 0.222 e. The average Bonchev–Trinajstić information content (AvgIpc) is 3.14. The number of nitrogens with one attached hydrogen (secondary N) is 2. The summed E-state index contributed by atoms with van der Waals surface area (Å²) in [5, 5.41) is 4.29. The Morgan fingerprint density at radius 2 is 1.79 bits per heavy atom. The van der Waals surface area contributed by atoms with Gasteiger partial charge in [-0.05, 0) is 38.1 Å². The van der Waals surface area contributed by atoms with Crippen molar-refractivity contribution in [1.29, 1.82) is 0 Å². The van der Waals surface area contributed by atoms with Gasteiger partial charge in [-0.15, -0.1) is 0 Å². The van der Waals surface area contributed by atoms with Gasteiger partial charge in [0, 0.05) is 6.04 Å². The molecule has 6 heteroatoms. The molecule has 120 valence electrons. The Balaban J connectivity index is 1.63. The molecule has 2 aromatic heterocycles. The van der Waals surface area contributed by atoms with Crippen molar-refractivity contribution in [3.8, 4) is 0 Å². The number of anilines is 1. The number of aromatic amines is 1. The zero-order chi connectivity index (χ0) is 16.5. The Labute approximate surface area is 139 Å². The first kappa shape index (κ1) is 14.4. The fourth-order valence-electron chi connectivity index (χ4n) is 2.85. The van der Waals surface area contributed by atoms with E-state index < -0.39 is 0 Å². The van der Waals surface area contributed by atoms with Crippen LogP contribution in [-0.2, 0) is 0 Å². The Hall–Kier alpha value is -3.15. The first-order valence-corrected chi connectivity index (χ1v) is 7.93. The molecule has 0 unspecified atom stereocenters. The van der Waals surface area contributed by atoms with E-state index >= 15 is 0 Å². The van der Waals surface area contributed by atoms with Crippen molar-refractivity contribution in [2.24, 2.45) is 5.10 Å². The van der Waals surface area contributed by atoms with Crippen molar-refractivity contribution in [2.45, 2.75) is 19.9 Å². The summed E-state index contributed by atoms with van der Waals surface area (Å²) >= 11 is 0. The van der Waals surface area contributed by atoms with Gasteiger partial charge in [0.2, 0.25) is 5.95 Å². The number of nitrogens with zero attached hydrogens (tertiary/aromatic N) is 4. The highest BCUT2D eigenvalue weighted by Gasteiger charge is 2.11. The van der Waals surface area contributed by atoms with Gasteiger partial charge in [-0.3, -0.25) is 0 Å². The van der Waals surface area contributed by atoms with Crippen LogP contribution in [0.3, 0.4) is 0 Å². The summed E-state index contributed by atoms with van der Waals surface area (Å²) in [4.78, 5) is 12.3. The van der Waals surface area contributed by atoms with E-state index in [9.17, 15) is 0 Å². The molecule has 0 amide bonds. The predicted molar refractivity (Wildman–Crippen MR) is 97.4 cm³/mol. The number of aromatic nitrogens is 4. The molecule has 0 aliphatic carbocycles. The monoisotopic (exact) mass is 318 g/mol. The van der Waals surface area contributed by atoms with Crippen LogP contribution in [0.2, 0.25) is 0 Å². The van der Waals surface area contributed by atoms with Crippen molar-refractivity contribution in [1.82, 2.24) is 19.5 Å². The standard InChI is InChI=1S/C18H18N6/c1-12(2)24-16-10-6-5-9-15(16)20-17(24)11-19-23-18-21-13-7-3-4-8-14(13)22-18/h3-12H,1-2H3,(H2,21,22,23)/b19-11-. The highest BCUT2D eigenvalue weighted by Crippen LogP contribution is 2.20. The van der Waals surface area contributed by atoms with E-state index in [-0.39, 0.29) is 0 Å².